The summed E-state index contributed by atoms with van der Waals surface area (Å²) in [6, 6.07) is 70.7. The Labute approximate surface area is 307 Å². The van der Waals surface area contributed by atoms with Crippen LogP contribution in [0.2, 0.25) is 0 Å². The summed E-state index contributed by atoms with van der Waals surface area (Å²) in [7, 11) is 0. The Morgan fingerprint density at radius 1 is 0.226 bits per heavy atom. The van der Waals surface area contributed by atoms with Crippen LogP contribution >= 0.6 is 0 Å². The van der Waals surface area contributed by atoms with Gasteiger partial charge in [0.1, 0.15) is 11.2 Å². The Bertz CT molecular complexity index is 3140. The Balaban J connectivity index is 1.01. The van der Waals surface area contributed by atoms with Crippen LogP contribution in [0.25, 0.3) is 110 Å². The topological polar surface area (TPSA) is 13.1 Å². The van der Waals surface area contributed by atoms with Gasteiger partial charge in [0.05, 0.1) is 0 Å². The fourth-order valence-electron chi connectivity index (χ4n) is 8.42. The summed E-state index contributed by atoms with van der Waals surface area (Å²) in [5, 5.41) is 12.3. The molecule has 53 heavy (non-hydrogen) atoms. The highest BCUT2D eigenvalue weighted by Crippen LogP contribution is 2.44. The molecule has 0 aliphatic heterocycles. The van der Waals surface area contributed by atoms with Crippen LogP contribution in [0.1, 0.15) is 0 Å². The van der Waals surface area contributed by atoms with Crippen LogP contribution in [0, 0.1) is 0 Å². The third-order valence-electron chi connectivity index (χ3n) is 11.0. The molecule has 0 saturated heterocycles. The van der Waals surface area contributed by atoms with Gasteiger partial charge in [-0.2, -0.15) is 0 Å². The summed E-state index contributed by atoms with van der Waals surface area (Å²) in [6.45, 7) is 0. The van der Waals surface area contributed by atoms with Crippen molar-refractivity contribution >= 4 is 65.0 Å². The SMILES string of the molecule is c1ccc2cc(-c3ccc(-c4c5ccccc5c(-c5ccc(-c6ccc7oc8cc9ccccc9cc8c7c6)cc5)c5ccccc45)cc3)ccc2c1. The molecule has 0 aliphatic carbocycles. The van der Waals surface area contributed by atoms with Crippen molar-refractivity contribution in [1.82, 2.24) is 0 Å². The highest BCUT2D eigenvalue weighted by molar-refractivity contribution is 6.21. The summed E-state index contributed by atoms with van der Waals surface area (Å²) in [6.07, 6.45) is 0. The number of fused-ring (bicyclic) bond motifs is 7. The standard InChI is InChI=1S/C52H32O/c1-2-10-38-29-41(26-21-33(38)9-1)34-17-22-36(23-18-34)51-43-13-5-7-15-45(43)52(46-16-8-6-14-44(46)51)37-24-19-35(20-25-37)42-27-28-49-47(31-42)48-30-39-11-3-4-12-40(39)32-50(48)53-49/h1-32H. The molecular weight excluding hydrogens is 641 g/mol. The Morgan fingerprint density at radius 2 is 0.623 bits per heavy atom. The average molecular weight is 673 g/mol. The molecule has 0 unspecified atom stereocenters. The second kappa shape index (κ2) is 11.8. The maximum absolute atomic E-state index is 6.29. The van der Waals surface area contributed by atoms with Gasteiger partial charge in [-0.25, -0.2) is 0 Å². The smallest absolute Gasteiger partial charge is 0.136 e. The molecule has 0 N–H and O–H groups in total. The van der Waals surface area contributed by atoms with E-state index in [0.717, 1.165) is 21.9 Å². The van der Waals surface area contributed by atoms with E-state index in [0.29, 0.717) is 0 Å². The van der Waals surface area contributed by atoms with Crippen molar-refractivity contribution in [2.45, 2.75) is 0 Å². The van der Waals surface area contributed by atoms with Crippen LogP contribution in [-0.2, 0) is 0 Å². The molecule has 1 heteroatoms. The normalized spacial score (nSPS) is 11.8. The van der Waals surface area contributed by atoms with Gasteiger partial charge < -0.3 is 4.42 Å². The predicted molar refractivity (Wildman–Crippen MR) is 225 cm³/mol. The van der Waals surface area contributed by atoms with Gasteiger partial charge in [0.2, 0.25) is 0 Å². The molecule has 0 amide bonds. The van der Waals surface area contributed by atoms with Gasteiger partial charge in [-0.1, -0.05) is 164 Å². The molecule has 0 bridgehead atoms. The lowest BCUT2D eigenvalue weighted by Crippen LogP contribution is -1.91. The van der Waals surface area contributed by atoms with Crippen LogP contribution < -0.4 is 0 Å². The van der Waals surface area contributed by atoms with E-state index in [9.17, 15) is 0 Å². The summed E-state index contributed by atoms with van der Waals surface area (Å²) in [5.41, 5.74) is 11.6. The number of benzene rings is 10. The van der Waals surface area contributed by atoms with Gasteiger partial charge in [-0.15, -0.1) is 0 Å². The molecule has 0 saturated carbocycles. The highest BCUT2D eigenvalue weighted by Gasteiger charge is 2.17. The maximum Gasteiger partial charge on any atom is 0.136 e. The molecule has 0 spiro atoms. The molecule has 1 heterocycles. The second-order valence-corrected chi connectivity index (χ2v) is 14.1. The quantitative estimate of drug-likeness (QED) is 0.170. The Hall–Kier alpha value is -6.96. The molecule has 0 radical (unpaired) electrons. The van der Waals surface area contributed by atoms with E-state index in [1.165, 1.54) is 87.6 Å². The van der Waals surface area contributed by atoms with E-state index in [1.54, 1.807) is 0 Å². The molecule has 0 atom stereocenters. The second-order valence-electron chi connectivity index (χ2n) is 14.1. The minimum absolute atomic E-state index is 0.914. The van der Waals surface area contributed by atoms with Crippen molar-refractivity contribution in [2.75, 3.05) is 0 Å². The van der Waals surface area contributed by atoms with E-state index in [-0.39, 0.29) is 0 Å². The van der Waals surface area contributed by atoms with E-state index in [4.69, 9.17) is 4.42 Å². The van der Waals surface area contributed by atoms with Crippen LogP contribution in [0.5, 0.6) is 0 Å². The third kappa shape index (κ3) is 4.86. The van der Waals surface area contributed by atoms with E-state index >= 15 is 0 Å². The largest absolute Gasteiger partial charge is 0.456 e. The zero-order chi connectivity index (χ0) is 34.9. The lowest BCUT2D eigenvalue weighted by Gasteiger charge is -2.18. The molecule has 0 aliphatic rings. The number of rotatable bonds is 4. The molecule has 10 aromatic carbocycles. The van der Waals surface area contributed by atoms with Crippen molar-refractivity contribution in [3.05, 3.63) is 194 Å². The summed E-state index contributed by atoms with van der Waals surface area (Å²) in [5.74, 6) is 0. The molecule has 11 rings (SSSR count). The number of furan rings is 1. The molecule has 246 valence electrons. The fraction of sp³-hybridized carbons (Fsp3) is 0. The van der Waals surface area contributed by atoms with Crippen molar-refractivity contribution < 1.29 is 4.42 Å². The van der Waals surface area contributed by atoms with Gasteiger partial charge in [0, 0.05) is 10.8 Å². The minimum atomic E-state index is 0.914. The first-order chi connectivity index (χ1) is 26.2. The van der Waals surface area contributed by atoms with E-state index in [2.05, 4.69) is 194 Å². The van der Waals surface area contributed by atoms with E-state index < -0.39 is 0 Å². The molecule has 0 fully saturated rings. The van der Waals surface area contributed by atoms with Gasteiger partial charge in [0.25, 0.3) is 0 Å². The van der Waals surface area contributed by atoms with Crippen LogP contribution in [0.15, 0.2) is 199 Å². The van der Waals surface area contributed by atoms with Crippen LogP contribution in [0.4, 0.5) is 0 Å². The highest BCUT2D eigenvalue weighted by atomic mass is 16.3. The van der Waals surface area contributed by atoms with Crippen LogP contribution in [0.3, 0.4) is 0 Å². The zero-order valence-electron chi connectivity index (χ0n) is 28.9. The molecule has 1 aromatic heterocycles. The predicted octanol–water partition coefficient (Wildman–Crippen LogP) is 14.9. The monoisotopic (exact) mass is 672 g/mol. The first-order valence-electron chi connectivity index (χ1n) is 18.2. The molecule has 1 nitrogen and oxygen atoms in total. The van der Waals surface area contributed by atoms with Gasteiger partial charge >= 0.3 is 0 Å². The minimum Gasteiger partial charge on any atom is -0.456 e. The van der Waals surface area contributed by atoms with Gasteiger partial charge in [0.15, 0.2) is 0 Å². The molecule has 11 aromatic rings. The average Bonchev–Trinajstić information content (AvgIpc) is 3.58. The Kier molecular flexibility index (Phi) is 6.62. The van der Waals surface area contributed by atoms with Crippen molar-refractivity contribution in [1.29, 1.82) is 0 Å². The first-order valence-corrected chi connectivity index (χ1v) is 18.2. The maximum atomic E-state index is 6.29. The van der Waals surface area contributed by atoms with Gasteiger partial charge in [-0.05, 0) is 118 Å². The molecular formula is C52H32O. The van der Waals surface area contributed by atoms with Crippen LogP contribution in [-0.4, -0.2) is 0 Å². The summed E-state index contributed by atoms with van der Waals surface area (Å²) >= 11 is 0. The summed E-state index contributed by atoms with van der Waals surface area (Å²) < 4.78 is 6.29. The summed E-state index contributed by atoms with van der Waals surface area (Å²) in [4.78, 5) is 0. The fourth-order valence-corrected chi connectivity index (χ4v) is 8.42. The number of hydrogen-bond donors (Lipinski definition) is 0. The lowest BCUT2D eigenvalue weighted by molar-refractivity contribution is 0.669. The lowest BCUT2D eigenvalue weighted by atomic mass is 9.85. The Morgan fingerprint density at radius 3 is 1.19 bits per heavy atom. The number of hydrogen-bond acceptors (Lipinski definition) is 1. The zero-order valence-corrected chi connectivity index (χ0v) is 28.9. The van der Waals surface area contributed by atoms with Crippen molar-refractivity contribution in [3.8, 4) is 44.5 Å². The van der Waals surface area contributed by atoms with Crippen molar-refractivity contribution in [3.63, 3.8) is 0 Å². The van der Waals surface area contributed by atoms with Crippen molar-refractivity contribution in [2.24, 2.45) is 0 Å². The van der Waals surface area contributed by atoms with Gasteiger partial charge in [-0.3, -0.25) is 0 Å². The first kappa shape index (κ1) is 29.7. The van der Waals surface area contributed by atoms with E-state index in [1.807, 2.05) is 0 Å². The third-order valence-corrected chi connectivity index (χ3v) is 11.0.